The Morgan fingerprint density at radius 2 is 1.76 bits per heavy atom. The average molecular weight is 471 g/mol. The van der Waals surface area contributed by atoms with Crippen molar-refractivity contribution < 1.29 is 9.59 Å². The summed E-state index contributed by atoms with van der Waals surface area (Å²) < 4.78 is 1.92. The number of hydrogen-bond acceptors (Lipinski definition) is 4. The summed E-state index contributed by atoms with van der Waals surface area (Å²) in [5.41, 5.74) is 3.97. The molecule has 2 aromatic carbocycles. The Bertz CT molecular complexity index is 1250. The molecule has 172 valence electrons. The van der Waals surface area contributed by atoms with Gasteiger partial charge in [-0.15, -0.1) is 11.3 Å². The molecule has 0 unspecified atom stereocenters. The highest BCUT2D eigenvalue weighted by atomic mass is 32.1. The Labute approximate surface area is 202 Å². The number of benzene rings is 2. The van der Waals surface area contributed by atoms with E-state index >= 15 is 0 Å². The van der Waals surface area contributed by atoms with Crippen LogP contribution in [0.15, 0.2) is 84.4 Å². The first-order valence-electron chi connectivity index (χ1n) is 11.5. The lowest BCUT2D eigenvalue weighted by Crippen LogP contribution is -2.45. The Morgan fingerprint density at radius 3 is 2.50 bits per heavy atom. The number of carbonyl (C=O) groups is 2. The molecule has 0 saturated carbocycles. The molecule has 0 spiro atoms. The van der Waals surface area contributed by atoms with Gasteiger partial charge in [-0.3, -0.25) is 14.3 Å². The van der Waals surface area contributed by atoms with Crippen LogP contribution in [0.1, 0.15) is 33.6 Å². The number of aromatic nitrogens is 2. The van der Waals surface area contributed by atoms with Crippen LogP contribution < -0.4 is 5.32 Å². The number of rotatable bonds is 7. The second-order valence-corrected chi connectivity index (χ2v) is 9.35. The van der Waals surface area contributed by atoms with Gasteiger partial charge >= 0.3 is 0 Å². The van der Waals surface area contributed by atoms with Crippen LogP contribution in [-0.2, 0) is 17.9 Å². The molecule has 1 N–H and O–H groups in total. The molecule has 0 aliphatic carbocycles. The van der Waals surface area contributed by atoms with E-state index in [1.54, 1.807) is 4.90 Å². The maximum Gasteiger partial charge on any atom is 0.264 e. The summed E-state index contributed by atoms with van der Waals surface area (Å²) in [6.45, 7) is 1.62. The van der Waals surface area contributed by atoms with Gasteiger partial charge in [0, 0.05) is 30.4 Å². The molecule has 6 nitrogen and oxygen atoms in total. The second kappa shape index (κ2) is 10.1. The zero-order chi connectivity index (χ0) is 23.3. The molecule has 2 aromatic heterocycles. The van der Waals surface area contributed by atoms with Gasteiger partial charge in [0.1, 0.15) is 6.04 Å². The summed E-state index contributed by atoms with van der Waals surface area (Å²) in [5, 5.41) is 9.79. The predicted octanol–water partition coefficient (Wildman–Crippen LogP) is 4.58. The van der Waals surface area contributed by atoms with E-state index in [1.807, 2.05) is 76.9 Å². The summed E-state index contributed by atoms with van der Waals surface area (Å²) >= 11 is 1.41. The lowest BCUT2D eigenvalue weighted by Gasteiger charge is -2.23. The number of nitrogens with one attached hydrogen (secondary N) is 1. The lowest BCUT2D eigenvalue weighted by atomic mass is 10.1. The van der Waals surface area contributed by atoms with Gasteiger partial charge in [0.15, 0.2) is 0 Å². The summed E-state index contributed by atoms with van der Waals surface area (Å²) in [6, 6.07) is 23.4. The molecular weight excluding hydrogens is 444 g/mol. The van der Waals surface area contributed by atoms with Crippen LogP contribution in [-0.4, -0.2) is 39.1 Å². The molecule has 2 amide bonds. The van der Waals surface area contributed by atoms with Gasteiger partial charge in [0.2, 0.25) is 5.91 Å². The number of thiophene rings is 1. The molecule has 4 aromatic rings. The van der Waals surface area contributed by atoms with E-state index in [1.165, 1.54) is 11.3 Å². The molecule has 1 saturated heterocycles. The normalized spacial score (nSPS) is 15.4. The maximum atomic E-state index is 13.1. The lowest BCUT2D eigenvalue weighted by molar-refractivity contribution is -0.125. The standard InChI is InChI=1S/C27H26N4O2S/c32-26(23-13-7-15-31(23)27(33)24-14-8-16-34-24)28-17-22-19-30(18-20-9-3-1-4-10-20)29-25(22)21-11-5-2-6-12-21/h1-6,8-12,14,16,19,23H,7,13,15,17-18H2,(H,28,32)/t23-/m1/s1. The quantitative estimate of drug-likeness (QED) is 0.430. The van der Waals surface area contributed by atoms with Crippen LogP contribution in [0.4, 0.5) is 0 Å². The van der Waals surface area contributed by atoms with Crippen molar-refractivity contribution in [3.8, 4) is 11.3 Å². The molecule has 0 radical (unpaired) electrons. The fourth-order valence-electron chi connectivity index (χ4n) is 4.41. The highest BCUT2D eigenvalue weighted by Crippen LogP contribution is 2.24. The van der Waals surface area contributed by atoms with Crippen molar-refractivity contribution in [2.24, 2.45) is 0 Å². The van der Waals surface area contributed by atoms with Crippen molar-refractivity contribution in [1.82, 2.24) is 20.0 Å². The van der Waals surface area contributed by atoms with Gasteiger partial charge in [-0.1, -0.05) is 66.7 Å². The van der Waals surface area contributed by atoms with E-state index in [4.69, 9.17) is 5.10 Å². The summed E-state index contributed by atoms with van der Waals surface area (Å²) in [6.07, 6.45) is 3.51. The fraction of sp³-hybridized carbons (Fsp3) is 0.222. The average Bonchev–Trinajstić information content (AvgIpc) is 3.64. The maximum absolute atomic E-state index is 13.1. The van der Waals surface area contributed by atoms with Crippen LogP contribution in [0.5, 0.6) is 0 Å². The number of hydrogen-bond donors (Lipinski definition) is 1. The minimum absolute atomic E-state index is 0.0618. The van der Waals surface area contributed by atoms with E-state index < -0.39 is 6.04 Å². The monoisotopic (exact) mass is 470 g/mol. The number of nitrogens with zero attached hydrogens (tertiary/aromatic N) is 3. The van der Waals surface area contributed by atoms with Gasteiger partial charge in [-0.25, -0.2) is 0 Å². The Morgan fingerprint density at radius 1 is 1.00 bits per heavy atom. The summed E-state index contributed by atoms with van der Waals surface area (Å²) in [7, 11) is 0. The molecule has 5 rings (SSSR count). The van der Waals surface area contributed by atoms with Crippen LogP contribution in [0.3, 0.4) is 0 Å². The topological polar surface area (TPSA) is 67.2 Å². The molecule has 1 atom stereocenters. The fourth-order valence-corrected chi connectivity index (χ4v) is 5.09. The Balaban J connectivity index is 1.33. The largest absolute Gasteiger partial charge is 0.350 e. The van der Waals surface area contributed by atoms with Crippen LogP contribution >= 0.6 is 11.3 Å². The van der Waals surface area contributed by atoms with Crippen molar-refractivity contribution in [3.63, 3.8) is 0 Å². The minimum atomic E-state index is -0.436. The van der Waals surface area contributed by atoms with Crippen molar-refractivity contribution in [3.05, 3.63) is 100 Å². The van der Waals surface area contributed by atoms with Crippen LogP contribution in [0.25, 0.3) is 11.3 Å². The molecule has 1 fully saturated rings. The van der Waals surface area contributed by atoms with Crippen molar-refractivity contribution in [2.75, 3.05) is 6.54 Å². The highest BCUT2D eigenvalue weighted by molar-refractivity contribution is 7.12. The number of likely N-dealkylation sites (tertiary alicyclic amines) is 1. The van der Waals surface area contributed by atoms with E-state index in [0.29, 0.717) is 30.9 Å². The number of carbonyl (C=O) groups excluding carboxylic acids is 2. The van der Waals surface area contributed by atoms with Crippen LogP contribution in [0.2, 0.25) is 0 Å². The third-order valence-electron chi connectivity index (χ3n) is 6.07. The first-order chi connectivity index (χ1) is 16.7. The SMILES string of the molecule is O=C(NCc1cn(Cc2ccccc2)nc1-c1ccccc1)[C@H]1CCCN1C(=O)c1cccs1. The van der Waals surface area contributed by atoms with Gasteiger partial charge < -0.3 is 10.2 Å². The van der Waals surface area contributed by atoms with Crippen molar-refractivity contribution in [2.45, 2.75) is 32.0 Å². The van der Waals surface area contributed by atoms with Crippen molar-refractivity contribution >= 4 is 23.2 Å². The molecule has 34 heavy (non-hydrogen) atoms. The van der Waals surface area contributed by atoms with E-state index in [2.05, 4.69) is 17.4 Å². The minimum Gasteiger partial charge on any atom is -0.350 e. The second-order valence-electron chi connectivity index (χ2n) is 8.40. The van der Waals surface area contributed by atoms with Gasteiger partial charge in [-0.05, 0) is 29.9 Å². The van der Waals surface area contributed by atoms with E-state index in [0.717, 1.165) is 28.8 Å². The zero-order valence-corrected chi connectivity index (χ0v) is 19.6. The van der Waals surface area contributed by atoms with Gasteiger partial charge in [-0.2, -0.15) is 5.10 Å². The highest BCUT2D eigenvalue weighted by Gasteiger charge is 2.34. The number of amides is 2. The van der Waals surface area contributed by atoms with Gasteiger partial charge in [0.05, 0.1) is 17.1 Å². The molecule has 3 heterocycles. The van der Waals surface area contributed by atoms with E-state index in [-0.39, 0.29) is 11.8 Å². The van der Waals surface area contributed by atoms with Crippen molar-refractivity contribution in [1.29, 1.82) is 0 Å². The van der Waals surface area contributed by atoms with E-state index in [9.17, 15) is 9.59 Å². The van der Waals surface area contributed by atoms with Gasteiger partial charge in [0.25, 0.3) is 5.91 Å². The molecule has 0 bridgehead atoms. The third kappa shape index (κ3) is 4.79. The molecule has 7 heteroatoms. The molecule has 1 aliphatic heterocycles. The Kier molecular flexibility index (Phi) is 6.53. The molecular formula is C27H26N4O2S. The van der Waals surface area contributed by atoms with Crippen LogP contribution in [0, 0.1) is 0 Å². The summed E-state index contributed by atoms with van der Waals surface area (Å²) in [4.78, 5) is 28.4. The first kappa shape index (κ1) is 22.1. The predicted molar refractivity (Wildman–Crippen MR) is 133 cm³/mol. The Hall–Kier alpha value is -3.71. The third-order valence-corrected chi connectivity index (χ3v) is 6.93. The molecule has 1 aliphatic rings. The zero-order valence-electron chi connectivity index (χ0n) is 18.8. The summed E-state index contributed by atoms with van der Waals surface area (Å²) in [5.74, 6) is -0.175. The first-order valence-corrected chi connectivity index (χ1v) is 12.3. The smallest absolute Gasteiger partial charge is 0.264 e.